The van der Waals surface area contributed by atoms with E-state index in [-0.39, 0.29) is 62.7 Å². The minimum atomic E-state index is -1.00. The Morgan fingerprint density at radius 1 is 0.295 bits per heavy atom. The Morgan fingerprint density at radius 2 is 0.526 bits per heavy atom. The molecule has 0 fully saturated rings. The van der Waals surface area contributed by atoms with Crippen LogP contribution in [0.25, 0.3) is 0 Å². The molecule has 1 atom stereocenters. The lowest BCUT2D eigenvalue weighted by atomic mass is 10.1. The Kier molecular flexibility index (Phi) is 58.3. The van der Waals surface area contributed by atoms with Crippen molar-refractivity contribution in [3.8, 4) is 0 Å². The predicted octanol–water partition coefficient (Wildman–Crippen LogP) is 17.6. The monoisotopic (exact) mass is 1110 g/mol. The van der Waals surface area contributed by atoms with Gasteiger partial charge in [-0.15, -0.1) is 0 Å². The molecule has 0 amide bonds. The Labute approximate surface area is 480 Å². The summed E-state index contributed by atoms with van der Waals surface area (Å²) in [6.45, 7) is 12.3. The van der Waals surface area contributed by atoms with E-state index in [0.717, 1.165) is 77.0 Å². The van der Waals surface area contributed by atoms with Crippen molar-refractivity contribution >= 4 is 29.8 Å². The Bertz CT molecular complexity index is 1260. The largest absolute Gasteiger partial charge is 0.480 e. The molecule has 0 heterocycles. The van der Waals surface area contributed by atoms with Crippen LogP contribution in [0.3, 0.4) is 0 Å². The van der Waals surface area contributed by atoms with Crippen LogP contribution in [0.2, 0.25) is 0 Å². The highest BCUT2D eigenvalue weighted by Crippen LogP contribution is 2.17. The Hall–Kier alpha value is -2.73. The van der Waals surface area contributed by atoms with Gasteiger partial charge in [0, 0.05) is 26.2 Å². The smallest absolute Gasteiger partial charge is 0.320 e. The zero-order valence-corrected chi connectivity index (χ0v) is 51.7. The first kappa shape index (κ1) is 75.3. The number of unbranched alkanes of at least 4 members (excludes halogenated alkanes) is 37. The lowest BCUT2D eigenvalue weighted by Gasteiger charge is -2.29. The molecule has 0 aliphatic heterocycles. The lowest BCUT2D eigenvalue weighted by Crippen LogP contribution is -2.43. The summed E-state index contributed by atoms with van der Waals surface area (Å²) in [5.74, 6) is -2.21. The van der Waals surface area contributed by atoms with Gasteiger partial charge in [0.05, 0.1) is 52.1 Å². The molecule has 460 valence electrons. The number of hydrogen-bond acceptors (Lipinski definition) is 11. The van der Waals surface area contributed by atoms with Crippen LogP contribution >= 0.6 is 0 Å². The number of hydrogen-bond donors (Lipinski definition) is 1. The summed E-state index contributed by atoms with van der Waals surface area (Å²) in [6, 6.07) is -0.912. The molecule has 0 aliphatic rings. The van der Waals surface area contributed by atoms with E-state index in [0.29, 0.717) is 65.3 Å². The maximum absolute atomic E-state index is 13.0. The van der Waals surface area contributed by atoms with Gasteiger partial charge >= 0.3 is 29.8 Å². The first-order valence-electron chi connectivity index (χ1n) is 33.5. The number of nitrogens with zero attached hydrogens (tertiary/aromatic N) is 2. The summed E-state index contributed by atoms with van der Waals surface area (Å²) < 4.78 is 22.4. The van der Waals surface area contributed by atoms with E-state index in [1.54, 1.807) is 4.90 Å². The molecule has 0 rings (SSSR count). The van der Waals surface area contributed by atoms with Gasteiger partial charge in [0.1, 0.15) is 6.04 Å². The van der Waals surface area contributed by atoms with Crippen LogP contribution in [0.1, 0.15) is 329 Å². The van der Waals surface area contributed by atoms with Crippen LogP contribution in [0.15, 0.2) is 0 Å². The van der Waals surface area contributed by atoms with Crippen molar-refractivity contribution < 1.29 is 48.0 Å². The van der Waals surface area contributed by atoms with E-state index >= 15 is 0 Å². The summed E-state index contributed by atoms with van der Waals surface area (Å²) in [5, 5.41) is 10.6. The van der Waals surface area contributed by atoms with Crippen molar-refractivity contribution in [1.29, 1.82) is 0 Å². The Balaban J connectivity index is 5.38. The third-order valence-corrected chi connectivity index (χ3v) is 15.4. The van der Waals surface area contributed by atoms with E-state index in [1.807, 2.05) is 0 Å². The summed E-state index contributed by atoms with van der Waals surface area (Å²) in [5.41, 5.74) is 0. The fourth-order valence-electron chi connectivity index (χ4n) is 10.3. The highest BCUT2D eigenvalue weighted by molar-refractivity contribution is 5.74. The van der Waals surface area contributed by atoms with Gasteiger partial charge in [0.15, 0.2) is 0 Å². The van der Waals surface area contributed by atoms with Gasteiger partial charge in [-0.3, -0.25) is 28.9 Å². The predicted molar refractivity (Wildman–Crippen MR) is 323 cm³/mol. The molecule has 0 spiro atoms. The van der Waals surface area contributed by atoms with Crippen LogP contribution in [-0.2, 0) is 42.9 Å². The molecule has 12 heteroatoms. The van der Waals surface area contributed by atoms with Gasteiger partial charge in [-0.2, -0.15) is 0 Å². The lowest BCUT2D eigenvalue weighted by molar-refractivity contribution is -0.149. The number of aliphatic carboxylic acids is 1. The quantitative estimate of drug-likeness (QED) is 0.0351. The second-order valence-electron chi connectivity index (χ2n) is 22.8. The van der Waals surface area contributed by atoms with Gasteiger partial charge in [-0.1, -0.05) is 265 Å². The number of carbonyl (C=O) groups is 5. The van der Waals surface area contributed by atoms with Crippen LogP contribution in [0, 0.1) is 0 Å². The molecule has 0 aliphatic carbocycles. The number of carboxylic acids is 1. The fraction of sp³-hybridized carbons (Fsp3) is 0.924. The second-order valence-corrected chi connectivity index (χ2v) is 22.8. The highest BCUT2D eigenvalue weighted by Gasteiger charge is 2.27. The molecule has 0 saturated heterocycles. The van der Waals surface area contributed by atoms with E-state index in [1.165, 1.54) is 180 Å². The van der Waals surface area contributed by atoms with E-state index in [9.17, 15) is 29.1 Å². The first-order valence-corrected chi connectivity index (χ1v) is 33.5. The molecule has 12 nitrogen and oxygen atoms in total. The van der Waals surface area contributed by atoms with E-state index in [4.69, 9.17) is 18.9 Å². The number of rotatable bonds is 63. The molecule has 1 unspecified atom stereocenters. The summed E-state index contributed by atoms with van der Waals surface area (Å²) in [4.78, 5) is 68.5. The number of esters is 4. The molecule has 0 saturated carbocycles. The van der Waals surface area contributed by atoms with E-state index < -0.39 is 12.0 Å². The molecule has 1 N–H and O–H groups in total. The third kappa shape index (κ3) is 53.9. The van der Waals surface area contributed by atoms with Crippen molar-refractivity contribution in [2.75, 3.05) is 59.2 Å². The van der Waals surface area contributed by atoms with Gasteiger partial charge < -0.3 is 29.0 Å². The topological polar surface area (TPSA) is 149 Å². The second kappa shape index (κ2) is 60.4. The van der Waals surface area contributed by atoms with Crippen molar-refractivity contribution in [1.82, 2.24) is 9.80 Å². The van der Waals surface area contributed by atoms with Crippen molar-refractivity contribution in [3.63, 3.8) is 0 Å². The molecular weight excluding hydrogens is 981 g/mol. The minimum Gasteiger partial charge on any atom is -0.480 e. The molecular formula is C66H126N2O10. The van der Waals surface area contributed by atoms with E-state index in [2.05, 4.69) is 32.6 Å². The number of carbonyl (C=O) groups excluding carboxylic acids is 4. The third-order valence-electron chi connectivity index (χ3n) is 15.4. The zero-order chi connectivity index (χ0) is 57.0. The average Bonchev–Trinajstić information content (AvgIpc) is 3.43. The molecule has 78 heavy (non-hydrogen) atoms. The average molecular weight is 1110 g/mol. The van der Waals surface area contributed by atoms with Crippen LogP contribution < -0.4 is 0 Å². The Morgan fingerprint density at radius 3 is 0.769 bits per heavy atom. The van der Waals surface area contributed by atoms with Gasteiger partial charge in [-0.25, -0.2) is 0 Å². The normalized spacial score (nSPS) is 11.9. The number of carboxylic acid groups (broad SMARTS) is 1. The molecule has 0 aromatic carbocycles. The maximum Gasteiger partial charge on any atom is 0.320 e. The molecule has 0 radical (unpaired) electrons. The minimum absolute atomic E-state index is 0.0353. The first-order chi connectivity index (χ1) is 38.2. The fourth-order valence-corrected chi connectivity index (χ4v) is 10.3. The van der Waals surface area contributed by atoms with Gasteiger partial charge in [0.2, 0.25) is 0 Å². The highest BCUT2D eigenvalue weighted by atomic mass is 16.5. The van der Waals surface area contributed by atoms with Crippen molar-refractivity contribution in [2.45, 2.75) is 336 Å². The molecule has 0 aromatic heterocycles. The maximum atomic E-state index is 13.0. The molecule has 0 aromatic rings. The van der Waals surface area contributed by atoms with Crippen molar-refractivity contribution in [2.24, 2.45) is 0 Å². The molecule has 0 bridgehead atoms. The number of ether oxygens (including phenoxy) is 4. The van der Waals surface area contributed by atoms with Crippen LogP contribution in [0.4, 0.5) is 0 Å². The van der Waals surface area contributed by atoms with Gasteiger partial charge in [0.25, 0.3) is 0 Å². The van der Waals surface area contributed by atoms with Crippen molar-refractivity contribution in [3.05, 3.63) is 0 Å². The van der Waals surface area contributed by atoms with Crippen LogP contribution in [0.5, 0.6) is 0 Å². The summed E-state index contributed by atoms with van der Waals surface area (Å²) in [6.07, 6.45) is 50.0. The summed E-state index contributed by atoms with van der Waals surface area (Å²) in [7, 11) is 0. The standard InChI is InChI=1S/C66H126N2O10/c1-5-9-13-17-21-25-29-33-37-43-57-75-62(69)48-53-67(54-49-63(70)76-58-44-38-34-30-26-22-18-14-10-6-2)52-42-41-47-61(66(73)74)68(55-50-64(71)77-59-45-39-35-31-27-23-19-15-11-7-3)56-51-65(72)78-60-46-40-36-32-28-24-20-16-12-8-4/h61H,5-60H2,1-4H3,(H,73,74). The summed E-state index contributed by atoms with van der Waals surface area (Å²) >= 11 is 0. The van der Waals surface area contributed by atoms with Crippen LogP contribution in [-0.4, -0.2) is 110 Å². The SMILES string of the molecule is CCCCCCCCCCCCOC(=O)CCN(CCCCC(C(=O)O)N(CCC(=O)OCCCCCCCCCCCC)CCC(=O)OCCCCCCCCCCCC)CCC(=O)OCCCCCCCCCCCC. The zero-order valence-electron chi connectivity index (χ0n) is 51.7. The van der Waals surface area contributed by atoms with Gasteiger partial charge in [-0.05, 0) is 45.1 Å².